The van der Waals surface area contributed by atoms with Crippen molar-refractivity contribution < 1.29 is 4.79 Å². The zero-order valence-electron chi connectivity index (χ0n) is 10.5. The van der Waals surface area contributed by atoms with E-state index in [1.165, 1.54) is 6.42 Å². The predicted octanol–water partition coefficient (Wildman–Crippen LogP) is 2.82. The first-order valence-corrected chi connectivity index (χ1v) is 6.25. The van der Waals surface area contributed by atoms with Gasteiger partial charge in [0.15, 0.2) is 0 Å². The number of nitrogens with zero attached hydrogens (tertiary/aromatic N) is 2. The summed E-state index contributed by atoms with van der Waals surface area (Å²) in [5, 5.41) is 11.8. The number of carbonyl (C=O) groups excluding carboxylic acids is 1. The number of benzene rings is 1. The largest absolute Gasteiger partial charge is 0.324 e. The fourth-order valence-electron chi connectivity index (χ4n) is 2.26. The number of hydrogen-bond donors (Lipinski definition) is 1. The number of nitriles is 1. The van der Waals surface area contributed by atoms with Crippen molar-refractivity contribution in [3.63, 3.8) is 0 Å². The number of nitrogens with one attached hydrogen (secondary N) is 1. The Kier molecular flexibility index (Phi) is 3.83. The number of piperidine rings is 1. The molecular formula is C14H17N3O. The van der Waals surface area contributed by atoms with E-state index in [0.29, 0.717) is 17.2 Å². The Bertz CT molecular complexity index is 478. The van der Waals surface area contributed by atoms with Crippen LogP contribution in [0.15, 0.2) is 24.3 Å². The molecular weight excluding hydrogens is 226 g/mol. The lowest BCUT2D eigenvalue weighted by molar-refractivity contribution is 0.182. The van der Waals surface area contributed by atoms with Crippen LogP contribution in [-0.2, 0) is 0 Å². The molecule has 1 heterocycles. The molecule has 1 atom stereocenters. The number of para-hydroxylation sites is 1. The predicted molar refractivity (Wildman–Crippen MR) is 70.1 cm³/mol. The van der Waals surface area contributed by atoms with Crippen molar-refractivity contribution in [2.24, 2.45) is 5.92 Å². The van der Waals surface area contributed by atoms with Gasteiger partial charge in [0.1, 0.15) is 6.07 Å². The molecule has 18 heavy (non-hydrogen) atoms. The summed E-state index contributed by atoms with van der Waals surface area (Å²) in [5.41, 5.74) is 1.08. The highest BCUT2D eigenvalue weighted by atomic mass is 16.2. The number of urea groups is 1. The Labute approximate surface area is 107 Å². The van der Waals surface area contributed by atoms with Crippen molar-refractivity contribution in [1.29, 1.82) is 5.26 Å². The van der Waals surface area contributed by atoms with Crippen molar-refractivity contribution in [2.75, 3.05) is 18.4 Å². The zero-order chi connectivity index (χ0) is 13.0. The van der Waals surface area contributed by atoms with E-state index < -0.39 is 0 Å². The van der Waals surface area contributed by atoms with Gasteiger partial charge in [0.25, 0.3) is 0 Å². The maximum absolute atomic E-state index is 12.1. The van der Waals surface area contributed by atoms with Crippen molar-refractivity contribution >= 4 is 11.7 Å². The number of anilines is 1. The SMILES string of the molecule is CC1CCCN(C(=O)Nc2ccccc2C#N)C1. The molecule has 0 bridgehead atoms. The topological polar surface area (TPSA) is 56.1 Å². The molecule has 4 heteroatoms. The normalized spacial score (nSPS) is 19.1. The maximum Gasteiger partial charge on any atom is 0.321 e. The van der Waals surface area contributed by atoms with Crippen molar-refractivity contribution in [3.05, 3.63) is 29.8 Å². The van der Waals surface area contributed by atoms with Crippen LogP contribution in [0.5, 0.6) is 0 Å². The van der Waals surface area contributed by atoms with Gasteiger partial charge in [-0.1, -0.05) is 19.1 Å². The van der Waals surface area contributed by atoms with Crippen LogP contribution < -0.4 is 5.32 Å². The highest BCUT2D eigenvalue weighted by Gasteiger charge is 2.21. The van der Waals surface area contributed by atoms with Crippen molar-refractivity contribution in [3.8, 4) is 6.07 Å². The Morgan fingerprint density at radius 1 is 1.50 bits per heavy atom. The summed E-state index contributed by atoms with van der Waals surface area (Å²) < 4.78 is 0. The fourth-order valence-corrected chi connectivity index (χ4v) is 2.26. The first kappa shape index (κ1) is 12.4. The van der Waals surface area contributed by atoms with Gasteiger partial charge < -0.3 is 10.2 Å². The summed E-state index contributed by atoms with van der Waals surface area (Å²) in [4.78, 5) is 13.9. The van der Waals surface area contributed by atoms with E-state index in [-0.39, 0.29) is 6.03 Å². The molecule has 1 aliphatic rings. The smallest absolute Gasteiger partial charge is 0.321 e. The standard InChI is InChI=1S/C14H17N3O/c1-11-5-4-8-17(10-11)14(18)16-13-7-3-2-6-12(13)9-15/h2-3,6-7,11H,4-5,8,10H2,1H3,(H,16,18). The van der Waals surface area contributed by atoms with Crippen LogP contribution >= 0.6 is 0 Å². The molecule has 0 aromatic heterocycles. The van der Waals surface area contributed by atoms with Crippen LogP contribution in [0.2, 0.25) is 0 Å². The van der Waals surface area contributed by atoms with Crippen LogP contribution in [0, 0.1) is 17.2 Å². The third kappa shape index (κ3) is 2.80. The summed E-state index contributed by atoms with van der Waals surface area (Å²) in [6, 6.07) is 9.03. The number of hydrogen-bond acceptors (Lipinski definition) is 2. The Hall–Kier alpha value is -2.02. The molecule has 0 radical (unpaired) electrons. The van der Waals surface area contributed by atoms with E-state index in [9.17, 15) is 4.79 Å². The number of carbonyl (C=O) groups is 1. The first-order valence-electron chi connectivity index (χ1n) is 6.25. The molecule has 1 unspecified atom stereocenters. The van der Waals surface area contributed by atoms with E-state index in [1.807, 2.05) is 11.0 Å². The molecule has 1 fully saturated rings. The average Bonchev–Trinajstić information content (AvgIpc) is 2.39. The van der Waals surface area contributed by atoms with E-state index in [0.717, 1.165) is 19.5 Å². The highest BCUT2D eigenvalue weighted by molar-refractivity contribution is 5.90. The zero-order valence-corrected chi connectivity index (χ0v) is 10.5. The van der Waals surface area contributed by atoms with E-state index in [4.69, 9.17) is 5.26 Å². The first-order chi connectivity index (χ1) is 8.70. The lowest BCUT2D eigenvalue weighted by atomic mass is 10.0. The number of amides is 2. The van der Waals surface area contributed by atoms with Crippen LogP contribution in [-0.4, -0.2) is 24.0 Å². The minimum atomic E-state index is -0.107. The van der Waals surface area contributed by atoms with E-state index in [2.05, 4.69) is 18.3 Å². The Morgan fingerprint density at radius 2 is 2.28 bits per heavy atom. The van der Waals surface area contributed by atoms with Crippen LogP contribution in [0.4, 0.5) is 10.5 Å². The molecule has 0 saturated carbocycles. The molecule has 1 aromatic rings. The lowest BCUT2D eigenvalue weighted by Gasteiger charge is -2.31. The van der Waals surface area contributed by atoms with Crippen LogP contribution in [0.25, 0.3) is 0 Å². The van der Waals surface area contributed by atoms with E-state index in [1.54, 1.807) is 18.2 Å². The quantitative estimate of drug-likeness (QED) is 0.824. The molecule has 0 spiro atoms. The minimum absolute atomic E-state index is 0.107. The Balaban J connectivity index is 2.05. The molecule has 0 aliphatic carbocycles. The monoisotopic (exact) mass is 243 g/mol. The van der Waals surface area contributed by atoms with E-state index >= 15 is 0 Å². The molecule has 1 N–H and O–H groups in total. The van der Waals surface area contributed by atoms with Gasteiger partial charge >= 0.3 is 6.03 Å². The molecule has 1 saturated heterocycles. The molecule has 4 nitrogen and oxygen atoms in total. The number of rotatable bonds is 1. The molecule has 1 aliphatic heterocycles. The van der Waals surface area contributed by atoms with Gasteiger partial charge in [-0.05, 0) is 30.9 Å². The van der Waals surface area contributed by atoms with Gasteiger partial charge in [0.05, 0.1) is 11.3 Å². The van der Waals surface area contributed by atoms with Gasteiger partial charge in [-0.25, -0.2) is 4.79 Å². The second-order valence-electron chi connectivity index (χ2n) is 4.78. The summed E-state index contributed by atoms with van der Waals surface area (Å²) in [5.74, 6) is 0.552. The molecule has 2 amide bonds. The van der Waals surface area contributed by atoms with Crippen LogP contribution in [0.1, 0.15) is 25.3 Å². The van der Waals surface area contributed by atoms with Crippen molar-refractivity contribution in [2.45, 2.75) is 19.8 Å². The maximum atomic E-state index is 12.1. The summed E-state index contributed by atoms with van der Waals surface area (Å²) in [7, 11) is 0. The van der Waals surface area contributed by atoms with Gasteiger partial charge in [0, 0.05) is 13.1 Å². The second kappa shape index (κ2) is 5.54. The average molecular weight is 243 g/mol. The summed E-state index contributed by atoms with van der Waals surface area (Å²) in [6.45, 7) is 3.74. The fraction of sp³-hybridized carbons (Fsp3) is 0.429. The molecule has 94 valence electrons. The highest BCUT2D eigenvalue weighted by Crippen LogP contribution is 2.18. The van der Waals surface area contributed by atoms with Gasteiger partial charge in [-0.2, -0.15) is 5.26 Å². The second-order valence-corrected chi connectivity index (χ2v) is 4.78. The lowest BCUT2D eigenvalue weighted by Crippen LogP contribution is -2.41. The van der Waals surface area contributed by atoms with Crippen LogP contribution in [0.3, 0.4) is 0 Å². The van der Waals surface area contributed by atoms with Crippen molar-refractivity contribution in [1.82, 2.24) is 4.90 Å². The number of likely N-dealkylation sites (tertiary alicyclic amines) is 1. The third-order valence-electron chi connectivity index (χ3n) is 3.23. The van der Waals surface area contributed by atoms with Gasteiger partial charge in [0.2, 0.25) is 0 Å². The third-order valence-corrected chi connectivity index (χ3v) is 3.23. The summed E-state index contributed by atoms with van der Waals surface area (Å²) in [6.07, 6.45) is 2.23. The van der Waals surface area contributed by atoms with Gasteiger partial charge in [-0.15, -0.1) is 0 Å². The molecule has 2 rings (SSSR count). The van der Waals surface area contributed by atoms with Gasteiger partial charge in [-0.3, -0.25) is 0 Å². The Morgan fingerprint density at radius 3 is 3.00 bits per heavy atom. The molecule has 1 aromatic carbocycles. The minimum Gasteiger partial charge on any atom is -0.324 e. The summed E-state index contributed by atoms with van der Waals surface area (Å²) >= 11 is 0.